The minimum Gasteiger partial charge on any atom is -0.480 e. The lowest BCUT2D eigenvalue weighted by atomic mass is 9.89. The van der Waals surface area contributed by atoms with Crippen LogP contribution in [0.4, 0.5) is 0 Å². The second-order valence-corrected chi connectivity index (χ2v) is 8.92. The van der Waals surface area contributed by atoms with Crippen LogP contribution in [0.5, 0.6) is 0 Å². The fourth-order valence-electron chi connectivity index (χ4n) is 4.16. The molecule has 0 unspecified atom stereocenters. The number of nitrogens with zero attached hydrogens (tertiary/aromatic N) is 2. The Hall–Kier alpha value is -2.67. The molecule has 1 atom stereocenters. The van der Waals surface area contributed by atoms with Gasteiger partial charge in [-0.1, -0.05) is 37.3 Å². The SMILES string of the molecule is C[C@@H]1CCc2c(sc3c2c(=O)n(CC(=O)O)c(=O)n3CCCc2ccccc2)C1. The van der Waals surface area contributed by atoms with Crippen LogP contribution in [-0.4, -0.2) is 20.2 Å². The Labute approximate surface area is 172 Å². The molecule has 0 saturated heterocycles. The Bertz CT molecular complexity index is 1170. The van der Waals surface area contributed by atoms with Crippen molar-refractivity contribution in [1.82, 2.24) is 9.13 Å². The van der Waals surface area contributed by atoms with Gasteiger partial charge in [-0.05, 0) is 49.1 Å². The molecule has 0 spiro atoms. The van der Waals surface area contributed by atoms with Gasteiger partial charge in [-0.3, -0.25) is 14.2 Å². The Morgan fingerprint density at radius 1 is 1.21 bits per heavy atom. The summed E-state index contributed by atoms with van der Waals surface area (Å²) >= 11 is 1.53. The number of benzene rings is 1. The van der Waals surface area contributed by atoms with E-state index in [4.69, 9.17) is 0 Å². The van der Waals surface area contributed by atoms with Gasteiger partial charge in [0.2, 0.25) is 0 Å². The van der Waals surface area contributed by atoms with E-state index < -0.39 is 23.8 Å². The molecule has 1 aliphatic rings. The molecular weight excluding hydrogens is 388 g/mol. The Morgan fingerprint density at radius 3 is 2.69 bits per heavy atom. The molecule has 0 amide bonds. The molecule has 3 aromatic rings. The van der Waals surface area contributed by atoms with Crippen molar-refractivity contribution in [3.63, 3.8) is 0 Å². The summed E-state index contributed by atoms with van der Waals surface area (Å²) in [5.74, 6) is -0.632. The van der Waals surface area contributed by atoms with Gasteiger partial charge in [-0.2, -0.15) is 0 Å². The number of hydrogen-bond donors (Lipinski definition) is 1. The third-order valence-corrected chi connectivity index (χ3v) is 6.92. The molecule has 29 heavy (non-hydrogen) atoms. The lowest BCUT2D eigenvalue weighted by Crippen LogP contribution is -2.41. The normalized spacial score (nSPS) is 16.1. The number of aliphatic carboxylic acids is 1. The number of aryl methyl sites for hydroxylation is 3. The van der Waals surface area contributed by atoms with Crippen LogP contribution in [0.25, 0.3) is 10.2 Å². The largest absolute Gasteiger partial charge is 0.480 e. The van der Waals surface area contributed by atoms with Crippen molar-refractivity contribution in [3.8, 4) is 0 Å². The van der Waals surface area contributed by atoms with Crippen molar-refractivity contribution < 1.29 is 9.90 Å². The van der Waals surface area contributed by atoms with Gasteiger partial charge in [0.05, 0.1) is 5.39 Å². The highest BCUT2D eigenvalue weighted by Crippen LogP contribution is 2.36. The molecule has 6 nitrogen and oxygen atoms in total. The van der Waals surface area contributed by atoms with Gasteiger partial charge in [-0.25, -0.2) is 9.36 Å². The zero-order chi connectivity index (χ0) is 20.5. The quantitative estimate of drug-likeness (QED) is 0.675. The molecule has 2 heterocycles. The van der Waals surface area contributed by atoms with Gasteiger partial charge in [0, 0.05) is 11.4 Å². The van der Waals surface area contributed by atoms with Crippen molar-refractivity contribution in [1.29, 1.82) is 0 Å². The maximum absolute atomic E-state index is 13.0. The molecule has 1 aliphatic carbocycles. The number of aromatic nitrogens is 2. The molecule has 0 saturated carbocycles. The zero-order valence-corrected chi connectivity index (χ0v) is 17.2. The molecular formula is C22H24N2O4S. The molecule has 1 aromatic carbocycles. The van der Waals surface area contributed by atoms with Crippen molar-refractivity contribution in [2.24, 2.45) is 5.92 Å². The van der Waals surface area contributed by atoms with E-state index in [0.717, 1.165) is 42.2 Å². The number of thiophene rings is 1. The summed E-state index contributed by atoms with van der Waals surface area (Å²) in [6.07, 6.45) is 4.27. The molecule has 7 heteroatoms. The van der Waals surface area contributed by atoms with E-state index in [2.05, 4.69) is 19.1 Å². The second kappa shape index (κ2) is 7.99. The van der Waals surface area contributed by atoms with Crippen LogP contribution in [0.15, 0.2) is 39.9 Å². The second-order valence-electron chi connectivity index (χ2n) is 7.84. The number of carbonyl (C=O) groups is 1. The van der Waals surface area contributed by atoms with Gasteiger partial charge in [0.1, 0.15) is 11.4 Å². The van der Waals surface area contributed by atoms with Crippen LogP contribution in [0.3, 0.4) is 0 Å². The van der Waals surface area contributed by atoms with E-state index >= 15 is 0 Å². The summed E-state index contributed by atoms with van der Waals surface area (Å²) in [4.78, 5) is 39.2. The standard InChI is InChI=1S/C22H24N2O4S/c1-14-9-10-16-17(12-14)29-21-19(16)20(27)24(13-18(25)26)22(28)23(21)11-5-8-15-6-3-2-4-7-15/h2-4,6-7,14H,5,8-13H2,1H3,(H,25,26)/t14-/m1/s1. The maximum atomic E-state index is 13.0. The smallest absolute Gasteiger partial charge is 0.332 e. The monoisotopic (exact) mass is 412 g/mol. The minimum absolute atomic E-state index is 0.457. The summed E-state index contributed by atoms with van der Waals surface area (Å²) in [7, 11) is 0. The molecule has 152 valence electrons. The lowest BCUT2D eigenvalue weighted by molar-refractivity contribution is -0.137. The Morgan fingerprint density at radius 2 is 1.97 bits per heavy atom. The van der Waals surface area contributed by atoms with E-state index in [-0.39, 0.29) is 0 Å². The van der Waals surface area contributed by atoms with Gasteiger partial charge >= 0.3 is 11.7 Å². The Balaban J connectivity index is 1.79. The average Bonchev–Trinajstić information content (AvgIpc) is 3.06. The van der Waals surface area contributed by atoms with Gasteiger partial charge in [0.15, 0.2) is 0 Å². The third kappa shape index (κ3) is 3.79. The molecule has 1 N–H and O–H groups in total. The highest BCUT2D eigenvalue weighted by atomic mass is 32.1. The first-order chi connectivity index (χ1) is 14.0. The molecule has 4 rings (SSSR count). The summed E-state index contributed by atoms with van der Waals surface area (Å²) in [5.41, 5.74) is 1.22. The maximum Gasteiger partial charge on any atom is 0.332 e. The minimum atomic E-state index is -1.18. The van der Waals surface area contributed by atoms with E-state index in [1.807, 2.05) is 18.2 Å². The molecule has 0 aliphatic heterocycles. The Kier molecular flexibility index (Phi) is 5.41. The van der Waals surface area contributed by atoms with Gasteiger partial charge < -0.3 is 5.11 Å². The van der Waals surface area contributed by atoms with Gasteiger partial charge in [0.25, 0.3) is 5.56 Å². The van der Waals surface area contributed by atoms with Crippen molar-refractivity contribution >= 4 is 27.5 Å². The van der Waals surface area contributed by atoms with Crippen molar-refractivity contribution in [2.75, 3.05) is 0 Å². The number of carboxylic acids is 1. The zero-order valence-electron chi connectivity index (χ0n) is 16.4. The van der Waals surface area contributed by atoms with E-state index in [9.17, 15) is 19.5 Å². The summed E-state index contributed by atoms with van der Waals surface area (Å²) in [6, 6.07) is 10.0. The summed E-state index contributed by atoms with van der Waals surface area (Å²) < 4.78 is 2.51. The molecule has 2 aromatic heterocycles. The van der Waals surface area contributed by atoms with Crippen molar-refractivity contribution in [3.05, 3.63) is 67.2 Å². The van der Waals surface area contributed by atoms with Crippen LogP contribution in [0.1, 0.15) is 35.8 Å². The highest BCUT2D eigenvalue weighted by molar-refractivity contribution is 7.18. The van der Waals surface area contributed by atoms with Crippen LogP contribution in [0, 0.1) is 5.92 Å². The lowest BCUT2D eigenvalue weighted by Gasteiger charge is -2.17. The summed E-state index contributed by atoms with van der Waals surface area (Å²) in [6.45, 7) is 2.05. The topological polar surface area (TPSA) is 81.3 Å². The fourth-order valence-corrected chi connectivity index (χ4v) is 5.68. The number of carboxylic acid groups (broad SMARTS) is 1. The first-order valence-electron chi connectivity index (χ1n) is 9.99. The highest BCUT2D eigenvalue weighted by Gasteiger charge is 2.26. The van der Waals surface area contributed by atoms with Crippen LogP contribution in [0.2, 0.25) is 0 Å². The van der Waals surface area contributed by atoms with Crippen LogP contribution < -0.4 is 11.2 Å². The van der Waals surface area contributed by atoms with E-state index in [1.165, 1.54) is 21.8 Å². The van der Waals surface area contributed by atoms with E-state index in [1.54, 1.807) is 4.57 Å². The van der Waals surface area contributed by atoms with Crippen molar-refractivity contribution in [2.45, 2.75) is 52.1 Å². The van der Waals surface area contributed by atoms with Crippen LogP contribution >= 0.6 is 11.3 Å². The predicted molar refractivity (Wildman–Crippen MR) is 114 cm³/mol. The molecule has 0 fully saturated rings. The number of rotatable bonds is 6. The average molecular weight is 413 g/mol. The van der Waals surface area contributed by atoms with Crippen LogP contribution in [-0.2, 0) is 37.1 Å². The predicted octanol–water partition coefficient (Wildman–Crippen LogP) is 3.07. The van der Waals surface area contributed by atoms with Gasteiger partial charge in [-0.15, -0.1) is 11.3 Å². The number of fused-ring (bicyclic) bond motifs is 3. The third-order valence-electron chi connectivity index (χ3n) is 5.64. The first-order valence-corrected chi connectivity index (χ1v) is 10.8. The molecule has 0 radical (unpaired) electrons. The summed E-state index contributed by atoms with van der Waals surface area (Å²) in [5, 5.41) is 9.78. The number of hydrogen-bond acceptors (Lipinski definition) is 4. The van der Waals surface area contributed by atoms with E-state index in [0.29, 0.717) is 22.7 Å². The first kappa shape index (κ1) is 19.6. The fraction of sp³-hybridized carbons (Fsp3) is 0.409. The molecule has 0 bridgehead atoms.